The van der Waals surface area contributed by atoms with Crippen LogP contribution in [-0.4, -0.2) is 28.5 Å². The van der Waals surface area contributed by atoms with Gasteiger partial charge in [0.25, 0.3) is 0 Å². The molecular formula is C15H27N5. The van der Waals surface area contributed by atoms with E-state index >= 15 is 0 Å². The standard InChI is InChI=1S/C15H27N5/c1-15(2,20-9-5-3-4-6-10-20)14(19-17)12-11-18-8-7-13(12)16/h7-8,11,14,19H,3-6,9-10,17H2,1-2H3,(H2,16,18). The van der Waals surface area contributed by atoms with Crippen LogP contribution in [0.25, 0.3) is 0 Å². The fourth-order valence-electron chi connectivity index (χ4n) is 3.16. The monoisotopic (exact) mass is 277 g/mol. The molecule has 0 bridgehead atoms. The summed E-state index contributed by atoms with van der Waals surface area (Å²) in [6.07, 6.45) is 8.68. The Kier molecular flexibility index (Phi) is 4.96. The Morgan fingerprint density at radius 1 is 1.25 bits per heavy atom. The SMILES string of the molecule is CC(C)(C(NN)c1cnccc1N)N1CCCCCC1. The van der Waals surface area contributed by atoms with Crippen molar-refractivity contribution in [2.24, 2.45) is 5.84 Å². The predicted molar refractivity (Wildman–Crippen MR) is 82.8 cm³/mol. The number of nitrogens with zero attached hydrogens (tertiary/aromatic N) is 2. The molecule has 1 aromatic rings. The molecule has 1 aliphatic rings. The number of likely N-dealkylation sites (tertiary alicyclic amines) is 1. The summed E-state index contributed by atoms with van der Waals surface area (Å²) in [4.78, 5) is 6.72. The fraction of sp³-hybridized carbons (Fsp3) is 0.667. The first-order chi connectivity index (χ1) is 9.57. The number of nitrogens with two attached hydrogens (primary N) is 2. The zero-order valence-corrected chi connectivity index (χ0v) is 12.6. The Morgan fingerprint density at radius 3 is 2.45 bits per heavy atom. The maximum Gasteiger partial charge on any atom is 0.0673 e. The van der Waals surface area contributed by atoms with Crippen LogP contribution in [0.3, 0.4) is 0 Å². The van der Waals surface area contributed by atoms with Gasteiger partial charge >= 0.3 is 0 Å². The highest BCUT2D eigenvalue weighted by Gasteiger charge is 2.37. The molecule has 1 aliphatic heterocycles. The van der Waals surface area contributed by atoms with Crippen LogP contribution < -0.4 is 17.0 Å². The quantitative estimate of drug-likeness (QED) is 0.578. The largest absolute Gasteiger partial charge is 0.398 e. The van der Waals surface area contributed by atoms with Crippen molar-refractivity contribution in [3.8, 4) is 0 Å². The summed E-state index contributed by atoms with van der Waals surface area (Å²) in [5.41, 5.74) is 10.7. The lowest BCUT2D eigenvalue weighted by Crippen LogP contribution is -2.54. The molecule has 1 unspecified atom stereocenters. The first-order valence-corrected chi connectivity index (χ1v) is 7.48. The molecule has 1 aromatic heterocycles. The van der Waals surface area contributed by atoms with Crippen molar-refractivity contribution in [2.75, 3.05) is 18.8 Å². The van der Waals surface area contributed by atoms with Crippen molar-refractivity contribution in [1.29, 1.82) is 0 Å². The maximum atomic E-state index is 6.10. The summed E-state index contributed by atoms with van der Waals surface area (Å²) in [6, 6.07) is 1.80. The van der Waals surface area contributed by atoms with Crippen molar-refractivity contribution < 1.29 is 0 Å². The number of hydrazine groups is 1. The number of nitrogens with one attached hydrogen (secondary N) is 1. The van der Waals surface area contributed by atoms with Gasteiger partial charge in [0.2, 0.25) is 0 Å². The molecule has 1 atom stereocenters. The van der Waals surface area contributed by atoms with Crippen molar-refractivity contribution in [2.45, 2.75) is 51.1 Å². The molecular weight excluding hydrogens is 250 g/mol. The van der Waals surface area contributed by atoms with Gasteiger partial charge in [0.1, 0.15) is 0 Å². The lowest BCUT2D eigenvalue weighted by Gasteiger charge is -2.44. The summed E-state index contributed by atoms with van der Waals surface area (Å²) in [5, 5.41) is 0. The van der Waals surface area contributed by atoms with Crippen molar-refractivity contribution >= 4 is 5.69 Å². The Balaban J connectivity index is 2.26. The van der Waals surface area contributed by atoms with E-state index in [0.717, 1.165) is 24.3 Å². The Hall–Kier alpha value is -1.17. The van der Waals surface area contributed by atoms with E-state index in [1.807, 2.05) is 12.3 Å². The molecule has 2 heterocycles. The fourth-order valence-corrected chi connectivity index (χ4v) is 3.16. The first kappa shape index (κ1) is 15.2. The third-order valence-corrected chi connectivity index (χ3v) is 4.49. The average molecular weight is 277 g/mol. The van der Waals surface area contributed by atoms with Crippen molar-refractivity contribution in [3.63, 3.8) is 0 Å². The molecule has 5 heteroatoms. The summed E-state index contributed by atoms with van der Waals surface area (Å²) < 4.78 is 0. The van der Waals surface area contributed by atoms with Crippen LogP contribution in [0.2, 0.25) is 0 Å². The van der Waals surface area contributed by atoms with Gasteiger partial charge in [0.05, 0.1) is 6.04 Å². The highest BCUT2D eigenvalue weighted by molar-refractivity contribution is 5.47. The number of hydrogen-bond acceptors (Lipinski definition) is 5. The van der Waals surface area contributed by atoms with E-state index in [1.54, 1.807) is 6.20 Å². The van der Waals surface area contributed by atoms with Gasteiger partial charge in [0, 0.05) is 29.2 Å². The van der Waals surface area contributed by atoms with Crippen LogP contribution in [0.15, 0.2) is 18.5 Å². The van der Waals surface area contributed by atoms with Gasteiger partial charge in [-0.25, -0.2) is 0 Å². The molecule has 1 fully saturated rings. The molecule has 5 N–H and O–H groups in total. The smallest absolute Gasteiger partial charge is 0.0673 e. The summed E-state index contributed by atoms with van der Waals surface area (Å²) in [5.74, 6) is 5.85. The predicted octanol–water partition coefficient (Wildman–Crippen LogP) is 1.82. The Labute approximate surface area is 121 Å². The number of rotatable bonds is 4. The Bertz CT molecular complexity index is 424. The zero-order chi connectivity index (χ0) is 14.6. The zero-order valence-electron chi connectivity index (χ0n) is 12.6. The van der Waals surface area contributed by atoms with Gasteiger partial charge in [-0.05, 0) is 45.8 Å². The maximum absolute atomic E-state index is 6.10. The molecule has 1 saturated heterocycles. The van der Waals surface area contributed by atoms with Crippen molar-refractivity contribution in [3.05, 3.63) is 24.0 Å². The number of nitrogen functional groups attached to an aromatic ring is 1. The number of anilines is 1. The molecule has 0 aromatic carbocycles. The number of hydrogen-bond donors (Lipinski definition) is 3. The Morgan fingerprint density at radius 2 is 1.90 bits per heavy atom. The van der Waals surface area contributed by atoms with Gasteiger partial charge in [0.15, 0.2) is 0 Å². The van der Waals surface area contributed by atoms with Crippen LogP contribution in [0.1, 0.15) is 51.1 Å². The average Bonchev–Trinajstić information content (AvgIpc) is 2.71. The van der Waals surface area contributed by atoms with Crippen LogP contribution in [0.5, 0.6) is 0 Å². The van der Waals surface area contributed by atoms with E-state index in [-0.39, 0.29) is 11.6 Å². The third-order valence-electron chi connectivity index (χ3n) is 4.49. The summed E-state index contributed by atoms with van der Waals surface area (Å²) in [7, 11) is 0. The lowest BCUT2D eigenvalue weighted by molar-refractivity contribution is 0.0835. The van der Waals surface area contributed by atoms with E-state index < -0.39 is 0 Å². The minimum absolute atomic E-state index is 0.0331. The molecule has 0 saturated carbocycles. The first-order valence-electron chi connectivity index (χ1n) is 7.48. The second-order valence-corrected chi connectivity index (χ2v) is 6.16. The van der Waals surface area contributed by atoms with Gasteiger partial charge in [-0.1, -0.05) is 12.8 Å². The highest BCUT2D eigenvalue weighted by Crippen LogP contribution is 2.34. The molecule has 112 valence electrons. The third kappa shape index (κ3) is 3.11. The normalized spacial score (nSPS) is 19.6. The van der Waals surface area contributed by atoms with Gasteiger partial charge in [-0.3, -0.25) is 21.2 Å². The van der Waals surface area contributed by atoms with Gasteiger partial charge in [-0.2, -0.15) is 0 Å². The topological polar surface area (TPSA) is 80.2 Å². The van der Waals surface area contributed by atoms with Gasteiger partial charge < -0.3 is 5.73 Å². The van der Waals surface area contributed by atoms with Crippen LogP contribution in [0, 0.1) is 0 Å². The summed E-state index contributed by atoms with van der Waals surface area (Å²) in [6.45, 7) is 6.70. The number of aromatic nitrogens is 1. The van der Waals surface area contributed by atoms with Crippen LogP contribution >= 0.6 is 0 Å². The van der Waals surface area contributed by atoms with E-state index in [0.29, 0.717) is 0 Å². The molecule has 0 spiro atoms. The van der Waals surface area contributed by atoms with E-state index in [2.05, 4.69) is 29.2 Å². The molecule has 2 rings (SSSR count). The molecule has 5 nitrogen and oxygen atoms in total. The molecule has 20 heavy (non-hydrogen) atoms. The van der Waals surface area contributed by atoms with Crippen molar-refractivity contribution in [1.82, 2.24) is 15.3 Å². The second-order valence-electron chi connectivity index (χ2n) is 6.16. The molecule has 0 aliphatic carbocycles. The lowest BCUT2D eigenvalue weighted by atomic mass is 9.87. The highest BCUT2D eigenvalue weighted by atomic mass is 15.3. The molecule has 0 amide bonds. The van der Waals surface area contributed by atoms with Crippen LogP contribution in [0.4, 0.5) is 5.69 Å². The minimum atomic E-state index is -0.101. The van der Waals surface area contributed by atoms with Crippen LogP contribution in [-0.2, 0) is 0 Å². The van der Waals surface area contributed by atoms with Gasteiger partial charge in [-0.15, -0.1) is 0 Å². The van der Waals surface area contributed by atoms with E-state index in [9.17, 15) is 0 Å². The number of pyridine rings is 1. The molecule has 0 radical (unpaired) electrons. The summed E-state index contributed by atoms with van der Waals surface area (Å²) >= 11 is 0. The second kappa shape index (κ2) is 6.52. The minimum Gasteiger partial charge on any atom is -0.398 e. The van der Waals surface area contributed by atoms with E-state index in [1.165, 1.54) is 25.7 Å². The van der Waals surface area contributed by atoms with E-state index in [4.69, 9.17) is 11.6 Å².